The minimum Gasteiger partial charge on any atom is -0.462 e. The number of ether oxygens (including phenoxy) is 1. The van der Waals surface area contributed by atoms with Crippen LogP contribution in [-0.4, -0.2) is 38.4 Å². The van der Waals surface area contributed by atoms with Gasteiger partial charge in [-0.15, -0.1) is 0 Å². The summed E-state index contributed by atoms with van der Waals surface area (Å²) in [6.45, 7) is 3.07. The molecule has 0 saturated carbocycles. The lowest BCUT2D eigenvalue weighted by molar-refractivity contribution is 0.0526. The van der Waals surface area contributed by atoms with E-state index in [2.05, 4.69) is 4.72 Å². The molecule has 0 radical (unpaired) electrons. The molecule has 1 saturated heterocycles. The van der Waals surface area contributed by atoms with E-state index in [9.17, 15) is 13.2 Å². The van der Waals surface area contributed by atoms with Crippen molar-refractivity contribution in [3.8, 4) is 0 Å². The van der Waals surface area contributed by atoms with Gasteiger partial charge in [0, 0.05) is 13.1 Å². The summed E-state index contributed by atoms with van der Waals surface area (Å²) in [5.74, 6) is -0.462. The van der Waals surface area contributed by atoms with Gasteiger partial charge in [0.25, 0.3) is 0 Å². The normalized spacial score (nSPS) is 16.4. The molecule has 0 bridgehead atoms. The van der Waals surface area contributed by atoms with Crippen LogP contribution in [0.15, 0.2) is 24.3 Å². The molecule has 2 rings (SSSR count). The van der Waals surface area contributed by atoms with Gasteiger partial charge in [-0.3, -0.25) is 4.72 Å². The number of rotatable bonds is 5. The topological polar surface area (TPSA) is 75.7 Å². The smallest absolute Gasteiger partial charge is 0.338 e. The number of anilines is 1. The van der Waals surface area contributed by atoms with E-state index in [0.29, 0.717) is 24.3 Å². The Labute approximate surface area is 125 Å². The predicted molar refractivity (Wildman–Crippen MR) is 80.4 cm³/mol. The molecular formula is C14H20N2O4S. The first-order valence-corrected chi connectivity index (χ1v) is 8.52. The number of esters is 1. The SMILES string of the molecule is CCOC(=O)c1cccc(NS(=O)(=O)N2CCCCC2)c1. The maximum Gasteiger partial charge on any atom is 0.338 e. The summed E-state index contributed by atoms with van der Waals surface area (Å²) in [5.41, 5.74) is 0.696. The highest BCUT2D eigenvalue weighted by atomic mass is 32.2. The van der Waals surface area contributed by atoms with Gasteiger partial charge in [-0.25, -0.2) is 4.79 Å². The molecule has 0 spiro atoms. The Hall–Kier alpha value is -1.60. The van der Waals surface area contributed by atoms with E-state index < -0.39 is 16.2 Å². The van der Waals surface area contributed by atoms with Crippen molar-refractivity contribution >= 4 is 21.9 Å². The largest absolute Gasteiger partial charge is 0.462 e. The summed E-state index contributed by atoms with van der Waals surface area (Å²) in [4.78, 5) is 11.7. The average molecular weight is 312 g/mol. The van der Waals surface area contributed by atoms with Crippen molar-refractivity contribution in [2.45, 2.75) is 26.2 Å². The highest BCUT2D eigenvalue weighted by Crippen LogP contribution is 2.18. The lowest BCUT2D eigenvalue weighted by atomic mass is 10.2. The zero-order valence-corrected chi connectivity index (χ0v) is 12.9. The summed E-state index contributed by atoms with van der Waals surface area (Å²) >= 11 is 0. The first-order chi connectivity index (χ1) is 10.0. The number of nitrogens with one attached hydrogen (secondary N) is 1. The van der Waals surface area contributed by atoms with Crippen molar-refractivity contribution in [1.82, 2.24) is 4.31 Å². The molecule has 1 aromatic carbocycles. The van der Waals surface area contributed by atoms with Gasteiger partial charge in [-0.05, 0) is 38.0 Å². The molecule has 6 nitrogen and oxygen atoms in total. The van der Waals surface area contributed by atoms with Gasteiger partial charge in [0.1, 0.15) is 0 Å². The summed E-state index contributed by atoms with van der Waals surface area (Å²) in [5, 5.41) is 0. The first kappa shape index (κ1) is 15.8. The van der Waals surface area contributed by atoms with E-state index >= 15 is 0 Å². The lowest BCUT2D eigenvalue weighted by Gasteiger charge is -2.26. The monoisotopic (exact) mass is 312 g/mol. The molecule has 1 N–H and O–H groups in total. The molecule has 1 heterocycles. The Kier molecular flexibility index (Phi) is 5.19. The Morgan fingerprint density at radius 2 is 2.00 bits per heavy atom. The van der Waals surface area contributed by atoms with Crippen molar-refractivity contribution < 1.29 is 17.9 Å². The minimum absolute atomic E-state index is 0.280. The maximum atomic E-state index is 12.3. The standard InChI is InChI=1S/C14H20N2O4S/c1-2-20-14(17)12-7-6-8-13(11-12)15-21(18,19)16-9-4-3-5-10-16/h6-8,11,15H,2-5,9-10H2,1H3. The second kappa shape index (κ2) is 6.91. The number of piperidine rings is 1. The molecule has 21 heavy (non-hydrogen) atoms. The molecule has 1 fully saturated rings. The van der Waals surface area contributed by atoms with Crippen LogP contribution in [0.25, 0.3) is 0 Å². The van der Waals surface area contributed by atoms with Crippen LogP contribution < -0.4 is 4.72 Å². The highest BCUT2D eigenvalue weighted by Gasteiger charge is 2.23. The van der Waals surface area contributed by atoms with Crippen LogP contribution in [0, 0.1) is 0 Å². The third-order valence-electron chi connectivity index (χ3n) is 3.28. The van der Waals surface area contributed by atoms with Crippen molar-refractivity contribution in [2.24, 2.45) is 0 Å². The quantitative estimate of drug-likeness (QED) is 0.844. The first-order valence-electron chi connectivity index (χ1n) is 7.08. The van der Waals surface area contributed by atoms with Crippen LogP contribution in [0.4, 0.5) is 5.69 Å². The summed E-state index contributed by atoms with van der Waals surface area (Å²) < 4.78 is 33.4. The Morgan fingerprint density at radius 3 is 2.67 bits per heavy atom. The molecule has 7 heteroatoms. The summed E-state index contributed by atoms with van der Waals surface area (Å²) in [6, 6.07) is 6.32. The van der Waals surface area contributed by atoms with Crippen LogP contribution in [0.1, 0.15) is 36.5 Å². The number of nitrogens with zero attached hydrogens (tertiary/aromatic N) is 1. The van der Waals surface area contributed by atoms with Crippen LogP contribution in [0.3, 0.4) is 0 Å². The van der Waals surface area contributed by atoms with Gasteiger partial charge in [-0.1, -0.05) is 12.5 Å². The molecule has 0 atom stereocenters. The maximum absolute atomic E-state index is 12.3. The molecule has 0 aromatic heterocycles. The van der Waals surface area contributed by atoms with E-state index in [1.807, 2.05) is 0 Å². The van der Waals surface area contributed by atoms with E-state index in [1.54, 1.807) is 25.1 Å². The van der Waals surface area contributed by atoms with Crippen molar-refractivity contribution in [2.75, 3.05) is 24.4 Å². The third kappa shape index (κ3) is 4.18. The molecule has 1 aliphatic heterocycles. The molecule has 0 aliphatic carbocycles. The van der Waals surface area contributed by atoms with Crippen LogP contribution in [-0.2, 0) is 14.9 Å². The Morgan fingerprint density at radius 1 is 1.29 bits per heavy atom. The lowest BCUT2D eigenvalue weighted by Crippen LogP contribution is -2.39. The second-order valence-corrected chi connectivity index (χ2v) is 6.54. The number of carbonyl (C=O) groups excluding carboxylic acids is 1. The van der Waals surface area contributed by atoms with Gasteiger partial charge >= 0.3 is 16.2 Å². The molecule has 0 unspecified atom stereocenters. The fourth-order valence-electron chi connectivity index (χ4n) is 2.24. The minimum atomic E-state index is -3.56. The van der Waals surface area contributed by atoms with E-state index in [-0.39, 0.29) is 6.61 Å². The van der Waals surface area contributed by atoms with Crippen LogP contribution in [0.5, 0.6) is 0 Å². The van der Waals surface area contributed by atoms with Crippen LogP contribution in [0.2, 0.25) is 0 Å². The van der Waals surface area contributed by atoms with E-state index in [4.69, 9.17) is 4.74 Å². The number of hydrogen-bond donors (Lipinski definition) is 1. The van der Waals surface area contributed by atoms with Gasteiger partial charge in [-0.2, -0.15) is 12.7 Å². The van der Waals surface area contributed by atoms with Gasteiger partial charge < -0.3 is 4.74 Å². The number of carbonyl (C=O) groups is 1. The Bertz CT molecular complexity index is 595. The summed E-state index contributed by atoms with van der Waals surface area (Å²) in [7, 11) is -3.56. The molecule has 0 amide bonds. The van der Waals surface area contributed by atoms with E-state index in [0.717, 1.165) is 19.3 Å². The van der Waals surface area contributed by atoms with Crippen molar-refractivity contribution in [3.63, 3.8) is 0 Å². The molecule has 1 aromatic rings. The Balaban J connectivity index is 2.11. The van der Waals surface area contributed by atoms with Crippen molar-refractivity contribution in [1.29, 1.82) is 0 Å². The van der Waals surface area contributed by atoms with Crippen molar-refractivity contribution in [3.05, 3.63) is 29.8 Å². The third-order valence-corrected chi connectivity index (χ3v) is 4.81. The molecule has 116 valence electrons. The van der Waals surface area contributed by atoms with Crippen LogP contribution >= 0.6 is 0 Å². The fourth-order valence-corrected chi connectivity index (χ4v) is 3.54. The average Bonchev–Trinajstić information content (AvgIpc) is 2.48. The van der Waals surface area contributed by atoms with Gasteiger partial charge in [0.05, 0.1) is 17.9 Å². The number of hydrogen-bond acceptors (Lipinski definition) is 4. The van der Waals surface area contributed by atoms with Gasteiger partial charge in [0.2, 0.25) is 0 Å². The second-order valence-electron chi connectivity index (χ2n) is 4.87. The predicted octanol–water partition coefficient (Wildman–Crippen LogP) is 2.01. The summed E-state index contributed by atoms with van der Waals surface area (Å²) in [6.07, 6.45) is 2.82. The zero-order valence-electron chi connectivity index (χ0n) is 12.0. The number of benzene rings is 1. The fraction of sp³-hybridized carbons (Fsp3) is 0.500. The van der Waals surface area contributed by atoms with Gasteiger partial charge in [0.15, 0.2) is 0 Å². The molecule has 1 aliphatic rings. The highest BCUT2D eigenvalue weighted by molar-refractivity contribution is 7.90. The zero-order chi connectivity index (χ0) is 15.3. The molecular weight excluding hydrogens is 292 g/mol. The van der Waals surface area contributed by atoms with E-state index in [1.165, 1.54) is 10.4 Å².